The Morgan fingerprint density at radius 3 is 2.61 bits per heavy atom. The van der Waals surface area contributed by atoms with Crippen molar-refractivity contribution in [2.45, 2.75) is 19.0 Å². The number of hydrogen-bond acceptors (Lipinski definition) is 5. The number of guanidine groups is 1. The highest BCUT2D eigenvalue weighted by atomic mass is 35.5. The third-order valence-electron chi connectivity index (χ3n) is 4.93. The van der Waals surface area contributed by atoms with Crippen LogP contribution < -0.4 is 5.73 Å². The summed E-state index contributed by atoms with van der Waals surface area (Å²) in [6.07, 6.45) is 6.81. The number of rotatable bonds is 4. The van der Waals surface area contributed by atoms with E-state index in [0.29, 0.717) is 22.7 Å². The summed E-state index contributed by atoms with van der Waals surface area (Å²) in [5.41, 5.74) is 7.87. The molecule has 28 heavy (non-hydrogen) atoms. The standard InChI is InChI=1S/C20H19ClN6O/c1-3-27-12-16(10-24-27)20(18(28)26(2)19(22)25-20)15-6-4-5-13(7-15)14-8-17(21)11-23-9-14/h4-12H,3H2,1-2H3,(H2,22,25). The summed E-state index contributed by atoms with van der Waals surface area (Å²) < 4.78 is 1.76. The van der Waals surface area contributed by atoms with Crippen LogP contribution in [-0.2, 0) is 16.9 Å². The van der Waals surface area contributed by atoms with Crippen molar-refractivity contribution in [3.63, 3.8) is 0 Å². The van der Waals surface area contributed by atoms with Crippen LogP contribution >= 0.6 is 11.6 Å². The Labute approximate surface area is 167 Å². The van der Waals surface area contributed by atoms with E-state index in [-0.39, 0.29) is 11.9 Å². The Balaban J connectivity index is 1.92. The molecule has 0 saturated heterocycles. The van der Waals surface area contributed by atoms with Gasteiger partial charge in [0.2, 0.25) is 0 Å². The number of nitrogens with zero attached hydrogens (tertiary/aromatic N) is 5. The van der Waals surface area contributed by atoms with Crippen LogP contribution in [-0.4, -0.2) is 38.6 Å². The average molecular weight is 395 g/mol. The lowest BCUT2D eigenvalue weighted by Crippen LogP contribution is -2.41. The minimum Gasteiger partial charge on any atom is -0.369 e. The molecule has 7 nitrogen and oxygen atoms in total. The summed E-state index contributed by atoms with van der Waals surface area (Å²) in [5.74, 6) is -0.0499. The zero-order valence-electron chi connectivity index (χ0n) is 15.5. The predicted octanol–water partition coefficient (Wildman–Crippen LogP) is 2.65. The van der Waals surface area contributed by atoms with E-state index in [2.05, 4.69) is 15.1 Å². The zero-order valence-corrected chi connectivity index (χ0v) is 16.3. The second-order valence-electron chi connectivity index (χ2n) is 6.60. The average Bonchev–Trinajstić information content (AvgIpc) is 3.28. The van der Waals surface area contributed by atoms with Crippen molar-refractivity contribution in [1.82, 2.24) is 19.7 Å². The highest BCUT2D eigenvalue weighted by molar-refractivity contribution is 6.30. The number of halogens is 1. The van der Waals surface area contributed by atoms with Crippen LogP contribution in [0.4, 0.5) is 0 Å². The number of amides is 1. The van der Waals surface area contributed by atoms with E-state index in [1.807, 2.05) is 43.5 Å². The van der Waals surface area contributed by atoms with Gasteiger partial charge < -0.3 is 5.73 Å². The molecule has 3 aromatic rings. The summed E-state index contributed by atoms with van der Waals surface area (Å²) >= 11 is 6.09. The fraction of sp³-hybridized carbons (Fsp3) is 0.200. The van der Waals surface area contributed by atoms with Crippen LogP contribution in [0.5, 0.6) is 0 Å². The Morgan fingerprint density at radius 2 is 1.96 bits per heavy atom. The molecule has 0 radical (unpaired) electrons. The summed E-state index contributed by atoms with van der Waals surface area (Å²) in [4.78, 5) is 23.4. The number of pyridine rings is 1. The van der Waals surface area contributed by atoms with Crippen molar-refractivity contribution < 1.29 is 4.79 Å². The highest BCUT2D eigenvalue weighted by Crippen LogP contribution is 2.40. The molecule has 0 spiro atoms. The lowest BCUT2D eigenvalue weighted by atomic mass is 9.83. The first-order valence-electron chi connectivity index (χ1n) is 8.83. The maximum Gasteiger partial charge on any atom is 0.266 e. The van der Waals surface area contributed by atoms with Gasteiger partial charge in [-0.1, -0.05) is 29.8 Å². The van der Waals surface area contributed by atoms with Gasteiger partial charge in [0.25, 0.3) is 5.91 Å². The number of benzene rings is 1. The van der Waals surface area contributed by atoms with E-state index in [1.54, 1.807) is 30.3 Å². The summed E-state index contributed by atoms with van der Waals surface area (Å²) in [5, 5.41) is 4.88. The second-order valence-corrected chi connectivity index (χ2v) is 7.04. The monoisotopic (exact) mass is 394 g/mol. The van der Waals surface area contributed by atoms with E-state index >= 15 is 0 Å². The molecule has 1 aliphatic rings. The number of nitrogens with two attached hydrogens (primary N) is 1. The molecular weight excluding hydrogens is 376 g/mol. The molecule has 1 amide bonds. The van der Waals surface area contributed by atoms with Gasteiger partial charge in [-0.3, -0.25) is 19.4 Å². The maximum atomic E-state index is 13.3. The first kappa shape index (κ1) is 18.2. The van der Waals surface area contributed by atoms with Gasteiger partial charge in [-0.15, -0.1) is 0 Å². The fourth-order valence-electron chi connectivity index (χ4n) is 3.40. The molecule has 0 saturated carbocycles. The van der Waals surface area contributed by atoms with Crippen molar-refractivity contribution in [1.29, 1.82) is 0 Å². The number of carbonyl (C=O) groups is 1. The Morgan fingerprint density at radius 1 is 1.14 bits per heavy atom. The van der Waals surface area contributed by atoms with E-state index in [4.69, 9.17) is 17.3 Å². The summed E-state index contributed by atoms with van der Waals surface area (Å²) in [6, 6.07) is 9.45. The molecule has 0 aliphatic carbocycles. The molecule has 0 bridgehead atoms. The third-order valence-corrected chi connectivity index (χ3v) is 5.14. The lowest BCUT2D eigenvalue weighted by Gasteiger charge is -2.25. The van der Waals surface area contributed by atoms with Gasteiger partial charge in [0, 0.05) is 43.3 Å². The van der Waals surface area contributed by atoms with Gasteiger partial charge in [-0.2, -0.15) is 5.10 Å². The molecule has 2 N–H and O–H groups in total. The molecule has 3 heterocycles. The molecule has 1 atom stereocenters. The van der Waals surface area contributed by atoms with Crippen molar-refractivity contribution in [3.05, 3.63) is 71.3 Å². The van der Waals surface area contributed by atoms with Gasteiger partial charge in [-0.05, 0) is 30.2 Å². The van der Waals surface area contributed by atoms with Crippen molar-refractivity contribution in [2.24, 2.45) is 10.7 Å². The number of aliphatic imine (C=N–C) groups is 1. The number of carbonyl (C=O) groups excluding carboxylic acids is 1. The number of aromatic nitrogens is 3. The first-order chi connectivity index (χ1) is 13.5. The van der Waals surface area contributed by atoms with Gasteiger partial charge in [-0.25, -0.2) is 4.99 Å². The van der Waals surface area contributed by atoms with Crippen LogP contribution in [0.2, 0.25) is 5.02 Å². The Kier molecular flexibility index (Phi) is 4.39. The smallest absolute Gasteiger partial charge is 0.266 e. The van der Waals surface area contributed by atoms with E-state index < -0.39 is 5.54 Å². The largest absolute Gasteiger partial charge is 0.369 e. The van der Waals surface area contributed by atoms with E-state index in [9.17, 15) is 4.79 Å². The second kappa shape index (κ2) is 6.76. The molecule has 1 unspecified atom stereocenters. The van der Waals surface area contributed by atoms with Crippen LogP contribution in [0.25, 0.3) is 11.1 Å². The molecule has 1 aromatic carbocycles. The Hall–Kier alpha value is -3.19. The molecule has 2 aromatic heterocycles. The molecule has 0 fully saturated rings. The normalized spacial score (nSPS) is 19.2. The summed E-state index contributed by atoms with van der Waals surface area (Å²) in [6.45, 7) is 2.67. The molecule has 8 heteroatoms. The maximum absolute atomic E-state index is 13.3. The highest BCUT2D eigenvalue weighted by Gasteiger charge is 2.50. The van der Waals surface area contributed by atoms with Crippen LogP contribution in [0.15, 0.2) is 60.1 Å². The van der Waals surface area contributed by atoms with Crippen LogP contribution in [0, 0.1) is 0 Å². The summed E-state index contributed by atoms with van der Waals surface area (Å²) in [7, 11) is 1.62. The van der Waals surface area contributed by atoms with Crippen molar-refractivity contribution in [3.8, 4) is 11.1 Å². The van der Waals surface area contributed by atoms with Crippen molar-refractivity contribution in [2.75, 3.05) is 7.05 Å². The van der Waals surface area contributed by atoms with Crippen molar-refractivity contribution >= 4 is 23.5 Å². The van der Waals surface area contributed by atoms with E-state index in [0.717, 1.165) is 11.1 Å². The molecule has 1 aliphatic heterocycles. The quantitative estimate of drug-likeness (QED) is 0.736. The first-order valence-corrected chi connectivity index (χ1v) is 9.21. The molecule has 4 rings (SSSR count). The Bertz CT molecular complexity index is 1090. The van der Waals surface area contributed by atoms with Gasteiger partial charge in [0.05, 0.1) is 11.2 Å². The number of hydrogen-bond donors (Lipinski definition) is 1. The van der Waals surface area contributed by atoms with Crippen LogP contribution in [0.3, 0.4) is 0 Å². The van der Waals surface area contributed by atoms with Gasteiger partial charge >= 0.3 is 0 Å². The minimum atomic E-state index is -1.27. The number of likely N-dealkylation sites (N-methyl/N-ethyl adjacent to an activating group) is 1. The molecule has 142 valence electrons. The SMILES string of the molecule is CCn1cc(C2(c3cccc(-c4cncc(Cl)c4)c3)N=C(N)N(C)C2=O)cn1. The third kappa shape index (κ3) is 2.75. The van der Waals surface area contributed by atoms with E-state index in [1.165, 1.54) is 4.90 Å². The topological polar surface area (TPSA) is 89.4 Å². The van der Waals surface area contributed by atoms with Gasteiger partial charge in [0.15, 0.2) is 11.5 Å². The minimum absolute atomic E-state index is 0.170. The number of aryl methyl sites for hydroxylation is 1. The zero-order chi connectivity index (χ0) is 19.9. The predicted molar refractivity (Wildman–Crippen MR) is 108 cm³/mol. The van der Waals surface area contributed by atoms with Crippen LogP contribution in [0.1, 0.15) is 18.1 Å². The lowest BCUT2D eigenvalue weighted by molar-refractivity contribution is -0.129. The van der Waals surface area contributed by atoms with Gasteiger partial charge in [0.1, 0.15) is 0 Å². The molecular formula is C20H19ClN6O. The fourth-order valence-corrected chi connectivity index (χ4v) is 3.57.